The molecule has 0 aliphatic heterocycles. The molecule has 2 N–H and O–H groups in total. The van der Waals surface area contributed by atoms with Crippen LogP contribution in [-0.2, 0) is 9.53 Å². The largest absolute Gasteiger partial charge is 0.452 e. The summed E-state index contributed by atoms with van der Waals surface area (Å²) in [7, 11) is 0. The maximum Gasteiger partial charge on any atom is 0.340 e. The number of imide groups is 1. The highest BCUT2D eigenvalue weighted by atomic mass is 35.5. The van der Waals surface area contributed by atoms with Gasteiger partial charge >= 0.3 is 12.0 Å². The number of carbonyl (C=O) groups is 3. The van der Waals surface area contributed by atoms with Crippen LogP contribution in [0.15, 0.2) is 36.4 Å². The lowest BCUT2D eigenvalue weighted by Gasteiger charge is -2.09. The average molecular weight is 379 g/mol. The minimum atomic E-state index is -0.903. The number of benzene rings is 2. The molecule has 0 saturated heterocycles. The van der Waals surface area contributed by atoms with Crippen LogP contribution in [0, 0.1) is 19.7 Å². The number of urea groups is 1. The zero-order chi connectivity index (χ0) is 19.3. The highest BCUT2D eigenvalue weighted by Gasteiger charge is 2.15. The number of esters is 1. The van der Waals surface area contributed by atoms with Gasteiger partial charge in [0, 0.05) is 5.69 Å². The maximum absolute atomic E-state index is 12.9. The number of hydrogen-bond donors (Lipinski definition) is 2. The van der Waals surface area contributed by atoms with Gasteiger partial charge in [-0.25, -0.2) is 14.0 Å². The summed E-state index contributed by atoms with van der Waals surface area (Å²) in [5, 5.41) is 4.40. The minimum absolute atomic E-state index is 0.0829. The maximum atomic E-state index is 12.9. The first kappa shape index (κ1) is 19.4. The number of ether oxygens (including phenoxy) is 1. The number of rotatable bonds is 4. The molecule has 0 fully saturated rings. The van der Waals surface area contributed by atoms with Gasteiger partial charge in [-0.05, 0) is 55.3 Å². The number of carbonyl (C=O) groups excluding carboxylic acids is 3. The van der Waals surface area contributed by atoms with Gasteiger partial charge in [0.15, 0.2) is 6.61 Å². The van der Waals surface area contributed by atoms with E-state index < -0.39 is 30.3 Å². The molecule has 8 heteroatoms. The van der Waals surface area contributed by atoms with Crippen LogP contribution < -0.4 is 10.6 Å². The number of halogens is 2. The highest BCUT2D eigenvalue weighted by Crippen LogP contribution is 2.18. The van der Waals surface area contributed by atoms with Crippen molar-refractivity contribution in [1.29, 1.82) is 0 Å². The Bertz CT molecular complexity index is 870. The SMILES string of the molecule is Cc1ccc(NC(=O)NC(=O)COC(=O)c2ccc(F)cc2Cl)cc1C. The lowest BCUT2D eigenvalue weighted by atomic mass is 10.1. The molecule has 0 bridgehead atoms. The molecule has 0 aromatic heterocycles. The van der Waals surface area contributed by atoms with Crippen LogP contribution in [-0.4, -0.2) is 24.5 Å². The van der Waals surface area contributed by atoms with Gasteiger partial charge in [0.1, 0.15) is 5.82 Å². The van der Waals surface area contributed by atoms with Crippen LogP contribution in [0.2, 0.25) is 5.02 Å². The van der Waals surface area contributed by atoms with Gasteiger partial charge in [-0.15, -0.1) is 0 Å². The van der Waals surface area contributed by atoms with Crippen molar-refractivity contribution < 1.29 is 23.5 Å². The molecule has 6 nitrogen and oxygen atoms in total. The van der Waals surface area contributed by atoms with E-state index in [0.717, 1.165) is 29.3 Å². The summed E-state index contributed by atoms with van der Waals surface area (Å²) in [6, 6.07) is 7.67. The van der Waals surface area contributed by atoms with Gasteiger partial charge in [0.2, 0.25) is 0 Å². The molecule has 2 rings (SSSR count). The van der Waals surface area contributed by atoms with Gasteiger partial charge < -0.3 is 10.1 Å². The smallest absolute Gasteiger partial charge is 0.340 e. The Hall–Kier alpha value is -2.93. The lowest BCUT2D eigenvalue weighted by Crippen LogP contribution is -2.37. The minimum Gasteiger partial charge on any atom is -0.452 e. The Labute approximate surface area is 154 Å². The lowest BCUT2D eigenvalue weighted by molar-refractivity contribution is -0.123. The Morgan fingerprint density at radius 1 is 1.08 bits per heavy atom. The molecule has 0 heterocycles. The van der Waals surface area contributed by atoms with Crippen molar-refractivity contribution in [3.63, 3.8) is 0 Å². The monoisotopic (exact) mass is 378 g/mol. The second kappa shape index (κ2) is 8.44. The van der Waals surface area contributed by atoms with Crippen LogP contribution in [0.1, 0.15) is 21.5 Å². The summed E-state index contributed by atoms with van der Waals surface area (Å²) in [5.41, 5.74) is 2.49. The average Bonchev–Trinajstić information content (AvgIpc) is 2.56. The fraction of sp³-hybridized carbons (Fsp3) is 0.167. The molecule has 0 spiro atoms. The number of anilines is 1. The number of hydrogen-bond acceptors (Lipinski definition) is 4. The zero-order valence-electron chi connectivity index (χ0n) is 14.1. The predicted octanol–water partition coefficient (Wildman–Crippen LogP) is 3.60. The van der Waals surface area contributed by atoms with Gasteiger partial charge in [0.25, 0.3) is 5.91 Å². The van der Waals surface area contributed by atoms with Crippen LogP contribution in [0.3, 0.4) is 0 Å². The van der Waals surface area contributed by atoms with E-state index in [4.69, 9.17) is 16.3 Å². The quantitative estimate of drug-likeness (QED) is 0.796. The summed E-state index contributed by atoms with van der Waals surface area (Å²) >= 11 is 5.73. The molecule has 2 aromatic carbocycles. The third-order valence-electron chi connectivity index (χ3n) is 3.50. The van der Waals surface area contributed by atoms with Gasteiger partial charge in [0.05, 0.1) is 10.6 Å². The van der Waals surface area contributed by atoms with Gasteiger partial charge in [-0.1, -0.05) is 17.7 Å². The zero-order valence-corrected chi connectivity index (χ0v) is 14.8. The van der Waals surface area contributed by atoms with Gasteiger partial charge in [-0.3, -0.25) is 10.1 Å². The van der Waals surface area contributed by atoms with E-state index >= 15 is 0 Å². The number of aryl methyl sites for hydroxylation is 2. The molecule has 26 heavy (non-hydrogen) atoms. The Morgan fingerprint density at radius 3 is 2.46 bits per heavy atom. The molecule has 3 amide bonds. The first-order valence-corrected chi connectivity index (χ1v) is 7.94. The number of nitrogens with one attached hydrogen (secondary N) is 2. The molecule has 0 unspecified atom stereocenters. The summed E-state index contributed by atoms with van der Waals surface area (Å²) in [5.74, 6) is -2.33. The molecular weight excluding hydrogens is 363 g/mol. The predicted molar refractivity (Wildman–Crippen MR) is 94.8 cm³/mol. The van der Waals surface area contributed by atoms with E-state index in [1.807, 2.05) is 25.2 Å². The van der Waals surface area contributed by atoms with E-state index in [9.17, 15) is 18.8 Å². The molecule has 0 aliphatic rings. The Morgan fingerprint density at radius 2 is 1.81 bits per heavy atom. The van der Waals surface area contributed by atoms with Crippen molar-refractivity contribution in [2.45, 2.75) is 13.8 Å². The standard InChI is InChI=1S/C18H16ClFN2O4/c1-10-3-5-13(7-11(10)2)21-18(25)22-16(23)9-26-17(24)14-6-4-12(20)8-15(14)19/h3-8H,9H2,1-2H3,(H2,21,22,23,25). The van der Waals surface area contributed by atoms with E-state index in [-0.39, 0.29) is 10.6 Å². The summed E-state index contributed by atoms with van der Waals surface area (Å²) in [4.78, 5) is 35.3. The summed E-state index contributed by atoms with van der Waals surface area (Å²) in [6.45, 7) is 3.14. The highest BCUT2D eigenvalue weighted by molar-refractivity contribution is 6.33. The normalized spacial score (nSPS) is 10.2. The van der Waals surface area contributed by atoms with E-state index in [0.29, 0.717) is 5.69 Å². The molecule has 136 valence electrons. The van der Waals surface area contributed by atoms with Crippen molar-refractivity contribution >= 4 is 35.2 Å². The van der Waals surface area contributed by atoms with Crippen LogP contribution in [0.5, 0.6) is 0 Å². The molecular formula is C18H16ClFN2O4. The van der Waals surface area contributed by atoms with Crippen molar-refractivity contribution in [3.05, 3.63) is 63.9 Å². The topological polar surface area (TPSA) is 84.5 Å². The van der Waals surface area contributed by atoms with Crippen molar-refractivity contribution in [1.82, 2.24) is 5.32 Å². The van der Waals surface area contributed by atoms with Crippen molar-refractivity contribution in [2.24, 2.45) is 0 Å². The van der Waals surface area contributed by atoms with Crippen molar-refractivity contribution in [2.75, 3.05) is 11.9 Å². The first-order valence-electron chi connectivity index (χ1n) is 7.56. The Balaban J connectivity index is 1.85. The fourth-order valence-corrected chi connectivity index (χ4v) is 2.25. The van der Waals surface area contributed by atoms with Crippen LogP contribution >= 0.6 is 11.6 Å². The van der Waals surface area contributed by atoms with Crippen LogP contribution in [0.4, 0.5) is 14.9 Å². The van der Waals surface area contributed by atoms with E-state index in [1.165, 1.54) is 0 Å². The Kier molecular flexibility index (Phi) is 6.30. The number of amides is 3. The third kappa shape index (κ3) is 5.29. The third-order valence-corrected chi connectivity index (χ3v) is 3.82. The summed E-state index contributed by atoms with van der Waals surface area (Å²) in [6.07, 6.45) is 0. The second-order valence-electron chi connectivity index (χ2n) is 5.50. The summed E-state index contributed by atoms with van der Waals surface area (Å²) < 4.78 is 17.7. The molecule has 0 saturated carbocycles. The van der Waals surface area contributed by atoms with E-state index in [2.05, 4.69) is 5.32 Å². The van der Waals surface area contributed by atoms with E-state index in [1.54, 1.807) is 12.1 Å². The first-order chi connectivity index (χ1) is 12.3. The van der Waals surface area contributed by atoms with Crippen LogP contribution in [0.25, 0.3) is 0 Å². The molecule has 2 aromatic rings. The second-order valence-corrected chi connectivity index (χ2v) is 5.91. The fourth-order valence-electron chi connectivity index (χ4n) is 2.01. The molecule has 0 aliphatic carbocycles. The van der Waals surface area contributed by atoms with Crippen molar-refractivity contribution in [3.8, 4) is 0 Å². The molecule has 0 atom stereocenters. The molecule has 0 radical (unpaired) electrons. The van der Waals surface area contributed by atoms with Gasteiger partial charge in [-0.2, -0.15) is 0 Å².